The van der Waals surface area contributed by atoms with E-state index in [4.69, 9.17) is 5.73 Å². The van der Waals surface area contributed by atoms with Crippen molar-refractivity contribution in [2.24, 2.45) is 5.73 Å². The normalized spacial score (nSPS) is 12.4. The Kier molecular flexibility index (Phi) is 3.31. The molecule has 1 aliphatic heterocycles. The highest BCUT2D eigenvalue weighted by molar-refractivity contribution is 6.05. The van der Waals surface area contributed by atoms with Crippen LogP contribution in [-0.4, -0.2) is 18.4 Å². The van der Waals surface area contributed by atoms with Crippen LogP contribution in [0.4, 0.5) is 11.4 Å². The molecule has 2 aromatic rings. The predicted molar refractivity (Wildman–Crippen MR) is 81.5 cm³/mol. The summed E-state index contributed by atoms with van der Waals surface area (Å²) >= 11 is 0. The van der Waals surface area contributed by atoms with Crippen molar-refractivity contribution in [1.29, 1.82) is 0 Å². The van der Waals surface area contributed by atoms with Gasteiger partial charge in [0.25, 0.3) is 5.91 Å². The Hall–Kier alpha value is -2.82. The minimum Gasteiger partial charge on any atom is -0.384 e. The van der Waals surface area contributed by atoms with Crippen LogP contribution in [0.3, 0.4) is 0 Å². The number of carbonyl (C=O) groups is 2. The highest BCUT2D eigenvalue weighted by atomic mass is 16.2. The molecule has 0 atom stereocenters. The number of fused-ring (bicyclic) bond motifs is 1. The first-order valence-electron chi connectivity index (χ1n) is 6.71. The van der Waals surface area contributed by atoms with E-state index < -0.39 is 5.91 Å². The maximum absolute atomic E-state index is 12.2. The zero-order valence-corrected chi connectivity index (χ0v) is 11.3. The second kappa shape index (κ2) is 5.28. The van der Waals surface area contributed by atoms with Gasteiger partial charge in [0.1, 0.15) is 0 Å². The van der Waals surface area contributed by atoms with Gasteiger partial charge in [-0.25, -0.2) is 0 Å². The molecule has 0 unspecified atom stereocenters. The van der Waals surface area contributed by atoms with E-state index in [-0.39, 0.29) is 5.91 Å². The molecular formula is C16H15N3O2. The number of nitrogens with two attached hydrogens (primary N) is 1. The van der Waals surface area contributed by atoms with Crippen molar-refractivity contribution in [2.45, 2.75) is 6.42 Å². The van der Waals surface area contributed by atoms with Gasteiger partial charge < -0.3 is 16.4 Å². The van der Waals surface area contributed by atoms with Gasteiger partial charge in [-0.1, -0.05) is 0 Å². The zero-order chi connectivity index (χ0) is 14.8. The van der Waals surface area contributed by atoms with Gasteiger partial charge in [-0.05, 0) is 54.4 Å². The summed E-state index contributed by atoms with van der Waals surface area (Å²) in [6, 6.07) is 12.1. The fourth-order valence-electron chi connectivity index (χ4n) is 2.37. The number of hydrogen-bond donors (Lipinski definition) is 3. The number of benzene rings is 2. The van der Waals surface area contributed by atoms with Gasteiger partial charge in [0.15, 0.2) is 0 Å². The molecule has 21 heavy (non-hydrogen) atoms. The second-order valence-electron chi connectivity index (χ2n) is 4.94. The van der Waals surface area contributed by atoms with Crippen molar-refractivity contribution in [2.75, 3.05) is 17.2 Å². The summed E-state index contributed by atoms with van der Waals surface area (Å²) in [5.74, 6) is -0.657. The van der Waals surface area contributed by atoms with Gasteiger partial charge in [0.05, 0.1) is 0 Å². The highest BCUT2D eigenvalue weighted by Crippen LogP contribution is 2.23. The molecule has 0 bridgehead atoms. The number of anilines is 2. The van der Waals surface area contributed by atoms with Crippen LogP contribution in [-0.2, 0) is 6.42 Å². The molecule has 2 aromatic carbocycles. The van der Waals surface area contributed by atoms with Crippen molar-refractivity contribution < 1.29 is 9.59 Å². The predicted octanol–water partition coefficient (Wildman–Crippen LogP) is 2.01. The Morgan fingerprint density at radius 3 is 2.48 bits per heavy atom. The second-order valence-corrected chi connectivity index (χ2v) is 4.94. The number of carbonyl (C=O) groups excluding carboxylic acids is 2. The zero-order valence-electron chi connectivity index (χ0n) is 11.3. The van der Waals surface area contributed by atoms with Crippen LogP contribution in [0.25, 0.3) is 0 Å². The van der Waals surface area contributed by atoms with Gasteiger partial charge in [0.2, 0.25) is 5.91 Å². The average molecular weight is 281 g/mol. The Morgan fingerprint density at radius 1 is 1.05 bits per heavy atom. The molecule has 106 valence electrons. The molecule has 1 aliphatic rings. The lowest BCUT2D eigenvalue weighted by molar-refractivity contribution is 0.0998. The summed E-state index contributed by atoms with van der Waals surface area (Å²) in [7, 11) is 0. The molecule has 2 amide bonds. The van der Waals surface area contributed by atoms with Gasteiger partial charge in [-0.2, -0.15) is 0 Å². The van der Waals surface area contributed by atoms with Crippen molar-refractivity contribution in [3.05, 3.63) is 59.2 Å². The minimum absolute atomic E-state index is 0.170. The molecular weight excluding hydrogens is 266 g/mol. The van der Waals surface area contributed by atoms with Gasteiger partial charge >= 0.3 is 0 Å². The van der Waals surface area contributed by atoms with Crippen LogP contribution >= 0.6 is 0 Å². The van der Waals surface area contributed by atoms with E-state index >= 15 is 0 Å². The molecule has 0 fully saturated rings. The summed E-state index contributed by atoms with van der Waals surface area (Å²) in [5.41, 5.74) is 9.09. The number of primary amides is 1. The van der Waals surface area contributed by atoms with Crippen LogP contribution in [0.5, 0.6) is 0 Å². The standard InChI is InChI=1S/C16H15N3O2/c17-15(20)10-1-4-13(5-2-10)19-16(21)12-3-6-14-11(9-12)7-8-18-14/h1-6,9,18H,7-8H2,(H2,17,20)(H,19,21). The van der Waals surface area contributed by atoms with E-state index in [1.807, 2.05) is 12.1 Å². The molecule has 3 rings (SSSR count). The first-order valence-corrected chi connectivity index (χ1v) is 6.71. The van der Waals surface area contributed by atoms with Crippen molar-refractivity contribution >= 4 is 23.2 Å². The molecule has 0 radical (unpaired) electrons. The van der Waals surface area contributed by atoms with Crippen LogP contribution < -0.4 is 16.4 Å². The first-order chi connectivity index (χ1) is 10.1. The third kappa shape index (κ3) is 2.72. The van der Waals surface area contributed by atoms with Gasteiger partial charge in [-0.15, -0.1) is 0 Å². The van der Waals surface area contributed by atoms with E-state index in [1.165, 1.54) is 0 Å². The first kappa shape index (κ1) is 13.2. The van der Waals surface area contributed by atoms with E-state index in [0.29, 0.717) is 16.8 Å². The molecule has 0 aromatic heterocycles. The Bertz CT molecular complexity index is 708. The van der Waals surface area contributed by atoms with Crippen LogP contribution in [0.15, 0.2) is 42.5 Å². The number of nitrogens with one attached hydrogen (secondary N) is 2. The number of rotatable bonds is 3. The monoisotopic (exact) mass is 281 g/mol. The number of hydrogen-bond acceptors (Lipinski definition) is 3. The molecule has 0 saturated carbocycles. The smallest absolute Gasteiger partial charge is 0.255 e. The van der Waals surface area contributed by atoms with E-state index in [2.05, 4.69) is 10.6 Å². The summed E-state index contributed by atoms with van der Waals surface area (Å²) in [6.07, 6.45) is 0.934. The number of amides is 2. The van der Waals surface area contributed by atoms with Crippen LogP contribution in [0.1, 0.15) is 26.3 Å². The van der Waals surface area contributed by atoms with Gasteiger partial charge in [0, 0.05) is 29.0 Å². The average Bonchev–Trinajstić information content (AvgIpc) is 2.95. The summed E-state index contributed by atoms with van der Waals surface area (Å²) < 4.78 is 0. The minimum atomic E-state index is -0.487. The Labute approximate surface area is 122 Å². The summed E-state index contributed by atoms with van der Waals surface area (Å²) in [5, 5.41) is 6.06. The molecule has 0 spiro atoms. The van der Waals surface area contributed by atoms with Crippen LogP contribution in [0, 0.1) is 0 Å². The molecule has 0 saturated heterocycles. The maximum Gasteiger partial charge on any atom is 0.255 e. The third-order valence-electron chi connectivity index (χ3n) is 3.50. The van der Waals surface area contributed by atoms with Crippen LogP contribution in [0.2, 0.25) is 0 Å². The largest absolute Gasteiger partial charge is 0.384 e. The van der Waals surface area contributed by atoms with Crippen molar-refractivity contribution in [3.8, 4) is 0 Å². The maximum atomic E-state index is 12.2. The third-order valence-corrected chi connectivity index (χ3v) is 3.50. The lowest BCUT2D eigenvalue weighted by Gasteiger charge is -2.07. The Morgan fingerprint density at radius 2 is 1.76 bits per heavy atom. The van der Waals surface area contributed by atoms with Gasteiger partial charge in [-0.3, -0.25) is 9.59 Å². The molecule has 4 N–H and O–H groups in total. The fourth-order valence-corrected chi connectivity index (χ4v) is 2.37. The van der Waals surface area contributed by atoms with E-state index in [1.54, 1.807) is 30.3 Å². The summed E-state index contributed by atoms with van der Waals surface area (Å²) in [4.78, 5) is 23.2. The Balaban J connectivity index is 1.75. The lowest BCUT2D eigenvalue weighted by Crippen LogP contribution is -2.13. The highest BCUT2D eigenvalue weighted by Gasteiger charge is 2.13. The quantitative estimate of drug-likeness (QED) is 0.804. The van der Waals surface area contributed by atoms with E-state index in [0.717, 1.165) is 24.2 Å². The molecule has 0 aliphatic carbocycles. The van der Waals surface area contributed by atoms with Crippen molar-refractivity contribution in [1.82, 2.24) is 0 Å². The topological polar surface area (TPSA) is 84.2 Å². The molecule has 5 nitrogen and oxygen atoms in total. The van der Waals surface area contributed by atoms with E-state index in [9.17, 15) is 9.59 Å². The molecule has 5 heteroatoms. The SMILES string of the molecule is NC(=O)c1ccc(NC(=O)c2ccc3c(c2)CCN3)cc1. The van der Waals surface area contributed by atoms with Crippen molar-refractivity contribution in [3.63, 3.8) is 0 Å². The lowest BCUT2D eigenvalue weighted by atomic mass is 10.1. The fraction of sp³-hybridized carbons (Fsp3) is 0.125. The molecule has 1 heterocycles. The summed E-state index contributed by atoms with van der Waals surface area (Å²) in [6.45, 7) is 0.912.